The monoisotopic (exact) mass is 266 g/mol. The molecule has 106 valence electrons. The van der Waals surface area contributed by atoms with Gasteiger partial charge in [0.1, 0.15) is 13.7 Å². The van der Waals surface area contributed by atoms with Crippen LogP contribution in [0.15, 0.2) is 12.3 Å². The van der Waals surface area contributed by atoms with E-state index in [1.54, 1.807) is 12.3 Å². The highest BCUT2D eigenvalue weighted by Crippen LogP contribution is 2.24. The van der Waals surface area contributed by atoms with E-state index in [4.69, 9.17) is 10.5 Å². The van der Waals surface area contributed by atoms with Crippen LogP contribution < -0.4 is 15.0 Å². The summed E-state index contributed by atoms with van der Waals surface area (Å²) in [6.45, 7) is 4.25. The van der Waals surface area contributed by atoms with Crippen molar-refractivity contribution in [1.29, 1.82) is 0 Å². The van der Waals surface area contributed by atoms with Gasteiger partial charge in [0.2, 0.25) is 11.9 Å². The van der Waals surface area contributed by atoms with Crippen molar-refractivity contribution in [2.45, 2.75) is 25.8 Å². The maximum Gasteiger partial charge on any atom is 0.225 e. The van der Waals surface area contributed by atoms with Crippen LogP contribution >= 0.6 is 0 Å². The predicted molar refractivity (Wildman–Crippen MR) is 73.0 cm³/mol. The van der Waals surface area contributed by atoms with Gasteiger partial charge in [0.25, 0.3) is 0 Å². The number of nitrogens with two attached hydrogens (primary N) is 1. The number of pyridine rings is 1. The molecule has 1 aliphatic heterocycles. The third-order valence-corrected chi connectivity index (χ3v) is 3.64. The Hall–Kier alpha value is -1.33. The van der Waals surface area contributed by atoms with Gasteiger partial charge in [-0.1, -0.05) is 6.42 Å². The third-order valence-electron chi connectivity index (χ3n) is 3.64. The third kappa shape index (κ3) is 3.81. The van der Waals surface area contributed by atoms with E-state index in [-0.39, 0.29) is 5.75 Å². The second-order valence-corrected chi connectivity index (χ2v) is 5.08. The SMILES string of the molecule is C[n+]1cc(OCCN2CCCCC2)c(O)cc1CN. The molecule has 2 heterocycles. The zero-order chi connectivity index (χ0) is 13.7. The van der Waals surface area contributed by atoms with Gasteiger partial charge in [0.05, 0.1) is 12.6 Å². The minimum Gasteiger partial charge on any atom is -0.504 e. The summed E-state index contributed by atoms with van der Waals surface area (Å²) in [5.74, 6) is 0.689. The maximum atomic E-state index is 9.88. The highest BCUT2D eigenvalue weighted by atomic mass is 16.5. The number of piperidine rings is 1. The normalized spacial score (nSPS) is 16.5. The summed E-state index contributed by atoms with van der Waals surface area (Å²) >= 11 is 0. The summed E-state index contributed by atoms with van der Waals surface area (Å²) in [7, 11) is 1.90. The molecule has 0 saturated carbocycles. The Kier molecular flexibility index (Phi) is 4.99. The van der Waals surface area contributed by atoms with Crippen LogP contribution in [0.2, 0.25) is 0 Å². The van der Waals surface area contributed by atoms with Crippen LogP contribution in [0.5, 0.6) is 11.5 Å². The van der Waals surface area contributed by atoms with Crippen LogP contribution in [-0.4, -0.2) is 36.2 Å². The number of hydrogen-bond donors (Lipinski definition) is 2. The van der Waals surface area contributed by atoms with Crippen molar-refractivity contribution in [3.63, 3.8) is 0 Å². The van der Waals surface area contributed by atoms with E-state index in [0.717, 1.165) is 25.3 Å². The Bertz CT molecular complexity index is 417. The lowest BCUT2D eigenvalue weighted by Crippen LogP contribution is -2.35. The van der Waals surface area contributed by atoms with Crippen LogP contribution in [0.3, 0.4) is 0 Å². The van der Waals surface area contributed by atoms with Gasteiger partial charge in [0.15, 0.2) is 11.4 Å². The summed E-state index contributed by atoms with van der Waals surface area (Å²) in [6, 6.07) is 1.66. The highest BCUT2D eigenvalue weighted by molar-refractivity contribution is 5.35. The van der Waals surface area contributed by atoms with Gasteiger partial charge in [-0.05, 0) is 25.9 Å². The molecule has 0 unspecified atom stereocenters. The van der Waals surface area contributed by atoms with Crippen molar-refractivity contribution in [2.75, 3.05) is 26.2 Å². The first kappa shape index (κ1) is 14.1. The van der Waals surface area contributed by atoms with E-state index in [1.807, 2.05) is 11.6 Å². The summed E-state index contributed by atoms with van der Waals surface area (Å²) in [5.41, 5.74) is 6.46. The van der Waals surface area contributed by atoms with Gasteiger partial charge in [0, 0.05) is 6.54 Å². The average molecular weight is 266 g/mol. The lowest BCUT2D eigenvalue weighted by atomic mass is 10.1. The molecule has 0 bridgehead atoms. The van der Waals surface area contributed by atoms with Crippen LogP contribution in [0.1, 0.15) is 25.0 Å². The van der Waals surface area contributed by atoms with Gasteiger partial charge in [-0.25, -0.2) is 4.57 Å². The fourth-order valence-corrected chi connectivity index (χ4v) is 2.44. The Morgan fingerprint density at radius 2 is 2.11 bits per heavy atom. The molecule has 1 saturated heterocycles. The molecule has 0 aliphatic carbocycles. The number of aryl methyl sites for hydroxylation is 1. The Morgan fingerprint density at radius 1 is 1.37 bits per heavy atom. The number of likely N-dealkylation sites (tertiary alicyclic amines) is 1. The topological polar surface area (TPSA) is 62.6 Å². The van der Waals surface area contributed by atoms with Crippen molar-refractivity contribution in [3.05, 3.63) is 18.0 Å². The molecule has 0 spiro atoms. The molecule has 19 heavy (non-hydrogen) atoms. The molecule has 1 aromatic rings. The summed E-state index contributed by atoms with van der Waals surface area (Å²) in [4.78, 5) is 2.41. The van der Waals surface area contributed by atoms with Gasteiger partial charge < -0.3 is 15.6 Å². The van der Waals surface area contributed by atoms with Crippen molar-refractivity contribution < 1.29 is 14.4 Å². The molecular formula is C14H24N3O2+. The standard InChI is InChI=1S/C14H23N3O2/c1-16-11-14(13(18)9-12(16)10-15)19-8-7-17-5-3-2-4-6-17/h9,11H,2-8,10,15H2,1H3/p+1. The van der Waals surface area contributed by atoms with Crippen molar-refractivity contribution in [3.8, 4) is 11.5 Å². The molecule has 5 heteroatoms. The molecule has 1 aliphatic rings. The van der Waals surface area contributed by atoms with Gasteiger partial charge in [-0.15, -0.1) is 0 Å². The molecule has 0 radical (unpaired) electrons. The fraction of sp³-hybridized carbons (Fsp3) is 0.643. The fourth-order valence-electron chi connectivity index (χ4n) is 2.44. The van der Waals surface area contributed by atoms with Crippen LogP contribution in [0, 0.1) is 0 Å². The molecule has 1 aromatic heterocycles. The summed E-state index contributed by atoms with van der Waals surface area (Å²) < 4.78 is 7.55. The van der Waals surface area contributed by atoms with E-state index < -0.39 is 0 Å². The van der Waals surface area contributed by atoms with Crippen LogP contribution in [0.25, 0.3) is 0 Å². The number of ether oxygens (including phenoxy) is 1. The number of nitrogens with zero attached hydrogens (tertiary/aromatic N) is 2. The lowest BCUT2D eigenvalue weighted by molar-refractivity contribution is -0.679. The number of hydrogen-bond acceptors (Lipinski definition) is 4. The van der Waals surface area contributed by atoms with E-state index in [2.05, 4.69) is 4.90 Å². The minimum atomic E-state index is 0.164. The Labute approximate surface area is 114 Å². The van der Waals surface area contributed by atoms with Crippen molar-refractivity contribution in [2.24, 2.45) is 12.8 Å². The van der Waals surface area contributed by atoms with Crippen molar-refractivity contribution >= 4 is 0 Å². The minimum absolute atomic E-state index is 0.164. The molecule has 3 N–H and O–H groups in total. The summed E-state index contributed by atoms with van der Waals surface area (Å²) in [6.07, 6.45) is 5.69. The molecule has 0 aromatic carbocycles. The molecule has 5 nitrogen and oxygen atoms in total. The highest BCUT2D eigenvalue weighted by Gasteiger charge is 2.14. The second-order valence-electron chi connectivity index (χ2n) is 5.08. The Morgan fingerprint density at radius 3 is 2.79 bits per heavy atom. The van der Waals surface area contributed by atoms with Gasteiger partial charge >= 0.3 is 0 Å². The van der Waals surface area contributed by atoms with Crippen molar-refractivity contribution in [1.82, 2.24) is 4.90 Å². The number of rotatable bonds is 5. The second kappa shape index (κ2) is 6.73. The molecule has 0 amide bonds. The van der Waals surface area contributed by atoms with E-state index >= 15 is 0 Å². The van der Waals surface area contributed by atoms with Crippen LogP contribution in [-0.2, 0) is 13.6 Å². The van der Waals surface area contributed by atoms with Gasteiger partial charge in [-0.2, -0.15) is 0 Å². The quantitative estimate of drug-likeness (QED) is 0.764. The maximum absolute atomic E-state index is 9.88. The number of aromatic nitrogens is 1. The molecule has 0 atom stereocenters. The van der Waals surface area contributed by atoms with E-state index in [9.17, 15) is 5.11 Å². The zero-order valence-corrected chi connectivity index (χ0v) is 11.6. The molecule has 1 fully saturated rings. The first-order valence-corrected chi connectivity index (χ1v) is 6.97. The number of aromatic hydroxyl groups is 1. The largest absolute Gasteiger partial charge is 0.504 e. The first-order chi connectivity index (χ1) is 9.20. The molecular weight excluding hydrogens is 242 g/mol. The van der Waals surface area contributed by atoms with Gasteiger partial charge in [-0.3, -0.25) is 4.90 Å². The average Bonchev–Trinajstić information content (AvgIpc) is 2.43. The zero-order valence-electron chi connectivity index (χ0n) is 11.6. The lowest BCUT2D eigenvalue weighted by Gasteiger charge is -2.26. The van der Waals surface area contributed by atoms with E-state index in [1.165, 1.54) is 19.3 Å². The predicted octanol–water partition coefficient (Wildman–Crippen LogP) is 0.540. The Balaban J connectivity index is 1.86. The first-order valence-electron chi connectivity index (χ1n) is 6.97. The van der Waals surface area contributed by atoms with E-state index in [0.29, 0.717) is 18.9 Å². The van der Waals surface area contributed by atoms with Crippen LogP contribution in [0.4, 0.5) is 0 Å². The summed E-state index contributed by atoms with van der Waals surface area (Å²) in [5, 5.41) is 9.88. The smallest absolute Gasteiger partial charge is 0.225 e. The molecule has 2 rings (SSSR count).